The third-order valence-corrected chi connectivity index (χ3v) is 12.6. The van der Waals surface area contributed by atoms with Crippen molar-refractivity contribution in [1.82, 2.24) is 0 Å². The molecule has 212 valence electrons. The first-order valence-corrected chi connectivity index (χ1v) is 22.7. The van der Waals surface area contributed by atoms with Gasteiger partial charge < -0.3 is 8.85 Å². The SMILES string of the molecule is CC(C)CCCC(C)C1CCC2C3=C(O[Si](C)(C)C)C=C4C[C@@H](O[Si](C)(C)C)CCC4(C)C3CCC21C. The van der Waals surface area contributed by atoms with Crippen LogP contribution in [0.4, 0.5) is 0 Å². The summed E-state index contributed by atoms with van der Waals surface area (Å²) >= 11 is 0. The second-order valence-corrected chi connectivity index (χ2v) is 25.2. The standard InChI is InChI=1S/C33H60O2Si2/c1-23(2)13-12-14-24(3)27-15-16-28-31-29(18-20-33(27,28)5)32(4)19-17-26(34-36(6,7)8)21-25(32)22-30(31)35-37(9,10)11/h22-24,26-29H,12-21H2,1-11H3/t24?,26-,27?,28?,29?,32?,33?/m0/s1. The molecule has 0 spiro atoms. The summed E-state index contributed by atoms with van der Waals surface area (Å²) in [7, 11) is -3.26. The zero-order chi connectivity index (χ0) is 27.4. The van der Waals surface area contributed by atoms with Crippen LogP contribution in [0.15, 0.2) is 23.0 Å². The van der Waals surface area contributed by atoms with Crippen LogP contribution < -0.4 is 0 Å². The Kier molecular flexibility index (Phi) is 8.48. The summed E-state index contributed by atoms with van der Waals surface area (Å²) in [6, 6.07) is 0. The molecule has 6 unspecified atom stereocenters. The predicted octanol–water partition coefficient (Wildman–Crippen LogP) is 10.3. The van der Waals surface area contributed by atoms with Crippen molar-refractivity contribution in [3.05, 3.63) is 23.0 Å². The Hall–Kier alpha value is -0.326. The van der Waals surface area contributed by atoms with Gasteiger partial charge in [0.1, 0.15) is 5.76 Å². The van der Waals surface area contributed by atoms with E-state index < -0.39 is 16.6 Å². The number of rotatable bonds is 9. The van der Waals surface area contributed by atoms with Gasteiger partial charge in [-0.3, -0.25) is 0 Å². The molecule has 3 saturated carbocycles. The van der Waals surface area contributed by atoms with Crippen molar-refractivity contribution < 1.29 is 8.85 Å². The summed E-state index contributed by atoms with van der Waals surface area (Å²) in [4.78, 5) is 0. The molecular weight excluding hydrogens is 485 g/mol. The normalized spacial score (nSPS) is 37.1. The fourth-order valence-electron chi connectivity index (χ4n) is 9.06. The molecule has 4 heteroatoms. The van der Waals surface area contributed by atoms with Crippen LogP contribution >= 0.6 is 0 Å². The van der Waals surface area contributed by atoms with Crippen molar-refractivity contribution in [1.29, 1.82) is 0 Å². The second-order valence-electron chi connectivity index (χ2n) is 16.4. The van der Waals surface area contributed by atoms with Crippen LogP contribution in [-0.4, -0.2) is 22.7 Å². The van der Waals surface area contributed by atoms with Gasteiger partial charge in [-0.15, -0.1) is 0 Å². The molecule has 0 saturated heterocycles. The van der Waals surface area contributed by atoms with Crippen LogP contribution in [0.25, 0.3) is 0 Å². The Morgan fingerprint density at radius 3 is 2.19 bits per heavy atom. The molecule has 2 nitrogen and oxygen atoms in total. The molecule has 37 heavy (non-hydrogen) atoms. The van der Waals surface area contributed by atoms with E-state index in [-0.39, 0.29) is 0 Å². The maximum atomic E-state index is 7.03. The lowest BCUT2D eigenvalue weighted by atomic mass is 9.49. The van der Waals surface area contributed by atoms with E-state index in [0.717, 1.165) is 24.2 Å². The predicted molar refractivity (Wildman–Crippen MR) is 165 cm³/mol. The van der Waals surface area contributed by atoms with Gasteiger partial charge in [0.15, 0.2) is 8.32 Å². The largest absolute Gasteiger partial charge is 0.544 e. The number of hydrogen-bond acceptors (Lipinski definition) is 2. The third-order valence-electron chi connectivity index (χ3n) is 10.7. The van der Waals surface area contributed by atoms with Crippen molar-refractivity contribution in [2.45, 2.75) is 144 Å². The van der Waals surface area contributed by atoms with Crippen molar-refractivity contribution in [3.63, 3.8) is 0 Å². The van der Waals surface area contributed by atoms with Gasteiger partial charge in [0, 0.05) is 6.10 Å². The molecular formula is C33H60O2Si2. The van der Waals surface area contributed by atoms with Gasteiger partial charge in [0.25, 0.3) is 0 Å². The van der Waals surface area contributed by atoms with Gasteiger partial charge in [-0.2, -0.15) is 0 Å². The molecule has 0 heterocycles. The minimum absolute atomic E-state index is 0.295. The Balaban J connectivity index is 1.67. The zero-order valence-electron chi connectivity index (χ0n) is 26.4. The van der Waals surface area contributed by atoms with Crippen LogP contribution in [0, 0.1) is 40.4 Å². The fourth-order valence-corrected chi connectivity index (χ4v) is 11.1. The second kappa shape index (κ2) is 10.6. The minimum Gasteiger partial charge on any atom is -0.544 e. The molecule has 0 N–H and O–H groups in total. The van der Waals surface area contributed by atoms with Crippen molar-refractivity contribution >= 4 is 16.6 Å². The van der Waals surface area contributed by atoms with E-state index in [4.69, 9.17) is 8.85 Å². The molecule has 0 aromatic rings. The summed E-state index contributed by atoms with van der Waals surface area (Å²) in [5.41, 5.74) is 4.13. The number of allylic oxidation sites excluding steroid dienone is 2. The van der Waals surface area contributed by atoms with Gasteiger partial charge in [-0.25, -0.2) is 0 Å². The van der Waals surface area contributed by atoms with E-state index in [1.165, 1.54) is 63.5 Å². The third kappa shape index (κ3) is 6.22. The molecule has 0 aromatic heterocycles. The molecule has 0 bridgehead atoms. The zero-order valence-corrected chi connectivity index (χ0v) is 28.4. The highest BCUT2D eigenvalue weighted by Crippen LogP contribution is 2.67. The summed E-state index contributed by atoms with van der Waals surface area (Å²) in [6.45, 7) is 26.8. The summed E-state index contributed by atoms with van der Waals surface area (Å²) in [6.07, 6.45) is 16.3. The molecule has 4 aliphatic rings. The molecule has 4 rings (SSSR count). The van der Waals surface area contributed by atoms with Crippen LogP contribution in [0.1, 0.15) is 98.8 Å². The van der Waals surface area contributed by atoms with Crippen LogP contribution in [-0.2, 0) is 8.85 Å². The molecule has 0 amide bonds. The van der Waals surface area contributed by atoms with E-state index in [2.05, 4.69) is 80.0 Å². The number of hydrogen-bond donors (Lipinski definition) is 0. The molecule has 3 fully saturated rings. The molecule has 4 aliphatic carbocycles. The van der Waals surface area contributed by atoms with Crippen molar-refractivity contribution in [3.8, 4) is 0 Å². The lowest BCUT2D eigenvalue weighted by Crippen LogP contribution is -2.48. The van der Waals surface area contributed by atoms with Crippen molar-refractivity contribution in [2.75, 3.05) is 0 Å². The quantitative estimate of drug-likeness (QED) is 0.269. The average Bonchev–Trinajstić information content (AvgIpc) is 3.09. The fraction of sp³-hybridized carbons (Fsp3) is 0.879. The first kappa shape index (κ1) is 29.7. The van der Waals surface area contributed by atoms with Gasteiger partial charge in [-0.1, -0.05) is 59.5 Å². The van der Waals surface area contributed by atoms with Gasteiger partial charge >= 0.3 is 0 Å². The first-order chi connectivity index (χ1) is 17.0. The molecule has 0 radical (unpaired) electrons. The minimum atomic E-state index is -1.72. The average molecular weight is 545 g/mol. The topological polar surface area (TPSA) is 18.5 Å². The van der Waals surface area contributed by atoms with E-state index in [9.17, 15) is 0 Å². The maximum Gasteiger partial charge on any atom is 0.242 e. The Bertz CT molecular complexity index is 891. The monoisotopic (exact) mass is 544 g/mol. The molecule has 0 aliphatic heterocycles. The van der Waals surface area contributed by atoms with Gasteiger partial charge in [-0.05, 0) is 136 Å². The highest BCUT2D eigenvalue weighted by molar-refractivity contribution is 6.70. The summed E-state index contributed by atoms with van der Waals surface area (Å²) in [5, 5.41) is 0. The van der Waals surface area contributed by atoms with Crippen LogP contribution in [0.3, 0.4) is 0 Å². The molecule has 7 atom stereocenters. The number of fused-ring (bicyclic) bond motifs is 5. The van der Waals surface area contributed by atoms with Gasteiger partial charge in [0.2, 0.25) is 8.32 Å². The lowest BCUT2D eigenvalue weighted by molar-refractivity contribution is 0.0305. The van der Waals surface area contributed by atoms with Crippen molar-refractivity contribution in [2.24, 2.45) is 40.4 Å². The lowest BCUT2D eigenvalue weighted by Gasteiger charge is -2.56. The van der Waals surface area contributed by atoms with Crippen LogP contribution in [0.2, 0.25) is 39.3 Å². The Morgan fingerprint density at radius 1 is 0.865 bits per heavy atom. The first-order valence-electron chi connectivity index (χ1n) is 15.9. The smallest absolute Gasteiger partial charge is 0.242 e. The van der Waals surface area contributed by atoms with Crippen LogP contribution in [0.5, 0.6) is 0 Å². The Labute approximate surface area is 232 Å². The van der Waals surface area contributed by atoms with Gasteiger partial charge in [0.05, 0.1) is 0 Å². The van der Waals surface area contributed by atoms with E-state index in [0.29, 0.717) is 28.8 Å². The van der Waals surface area contributed by atoms with E-state index in [1.54, 1.807) is 11.1 Å². The molecule has 0 aromatic carbocycles. The maximum absolute atomic E-state index is 7.03. The van der Waals surface area contributed by atoms with E-state index in [1.807, 2.05) is 0 Å². The highest BCUT2D eigenvalue weighted by atomic mass is 28.4. The Morgan fingerprint density at radius 2 is 1.57 bits per heavy atom. The summed E-state index contributed by atoms with van der Waals surface area (Å²) < 4.78 is 13.7. The summed E-state index contributed by atoms with van der Waals surface area (Å²) in [5.74, 6) is 5.22. The van der Waals surface area contributed by atoms with E-state index >= 15 is 0 Å². The highest BCUT2D eigenvalue weighted by Gasteiger charge is 2.58.